The number of nitrogens with zero attached hydrogens (tertiary/aromatic N) is 8. The van der Waals surface area contributed by atoms with Gasteiger partial charge in [-0.05, 0) is 195 Å². The Hall–Kier alpha value is -9.31. The average molecular weight is 1570 g/mol. The van der Waals surface area contributed by atoms with Crippen LogP contribution in [0.15, 0.2) is 97.1 Å². The number of hydrogen-bond donors (Lipinski definition) is 3. The molecule has 5 aromatic rings. The summed E-state index contributed by atoms with van der Waals surface area (Å²) in [6.07, 6.45) is 1.22. The molecule has 3 heterocycles. The van der Waals surface area contributed by atoms with Gasteiger partial charge in [-0.1, -0.05) is 86.6 Å². The molecule has 620 valence electrons. The lowest BCUT2D eigenvalue weighted by Gasteiger charge is -2.37. The molecule has 7 rings (SSSR count). The summed E-state index contributed by atoms with van der Waals surface area (Å²) in [5, 5.41) is 17.6. The third-order valence-corrected chi connectivity index (χ3v) is 18.4. The number of ether oxygens (including phenoxy) is 7. The summed E-state index contributed by atoms with van der Waals surface area (Å²) in [5.74, 6) is -2.78. The second kappa shape index (κ2) is 41.6. The third kappa shape index (κ3) is 31.9. The normalized spacial score (nSPS) is 15.7. The molecule has 1 aromatic heterocycles. The highest BCUT2D eigenvalue weighted by Gasteiger charge is 2.36. The molecule has 2 atom stereocenters. The number of likely N-dealkylation sites (tertiary alicyclic amines) is 1. The van der Waals surface area contributed by atoms with E-state index in [1.54, 1.807) is 113 Å². The van der Waals surface area contributed by atoms with Gasteiger partial charge in [0.2, 0.25) is 23.5 Å². The number of nitrogens with one attached hydrogen (secondary N) is 3. The molecule has 113 heavy (non-hydrogen) atoms. The predicted molar refractivity (Wildman–Crippen MR) is 431 cm³/mol. The number of amides is 4. The van der Waals surface area contributed by atoms with Crippen molar-refractivity contribution in [3.05, 3.63) is 125 Å². The summed E-state index contributed by atoms with van der Waals surface area (Å²) in [6.45, 7) is 35.5. The minimum Gasteiger partial charge on any atom is -0.488 e. The Balaban J connectivity index is 1.05. The molecule has 0 unspecified atom stereocenters. The maximum atomic E-state index is 14.7. The van der Waals surface area contributed by atoms with Crippen LogP contribution in [0.2, 0.25) is 0 Å². The first-order chi connectivity index (χ1) is 53.1. The molecule has 0 bridgehead atoms. The van der Waals surface area contributed by atoms with E-state index in [-0.39, 0.29) is 121 Å². The summed E-state index contributed by atoms with van der Waals surface area (Å²) < 4.78 is 43.9. The number of hydrogen-bond acceptors (Lipinski definition) is 22. The van der Waals surface area contributed by atoms with Crippen LogP contribution in [0.3, 0.4) is 0 Å². The third-order valence-electron chi connectivity index (χ3n) is 18.4. The van der Waals surface area contributed by atoms with Gasteiger partial charge in [0.1, 0.15) is 64.8 Å². The van der Waals surface area contributed by atoms with Crippen LogP contribution in [-0.2, 0) is 81.7 Å². The molecule has 0 saturated carbocycles. The van der Waals surface area contributed by atoms with Gasteiger partial charge >= 0.3 is 29.8 Å². The van der Waals surface area contributed by atoms with Crippen molar-refractivity contribution in [1.82, 2.24) is 55.2 Å². The number of aromatic nitrogens is 3. The Morgan fingerprint density at radius 3 is 1.44 bits per heavy atom. The molecule has 0 aliphatic carbocycles. The van der Waals surface area contributed by atoms with Gasteiger partial charge in [-0.15, -0.1) is 10.2 Å². The van der Waals surface area contributed by atoms with Crippen molar-refractivity contribution in [2.75, 3.05) is 98.2 Å². The lowest BCUT2D eigenvalue weighted by atomic mass is 9.90. The zero-order valence-corrected chi connectivity index (χ0v) is 70.1. The highest BCUT2D eigenvalue weighted by Crippen LogP contribution is 2.41. The van der Waals surface area contributed by atoms with Gasteiger partial charge < -0.3 is 54.0 Å². The molecule has 4 amide bonds. The smallest absolute Gasteiger partial charge is 0.323 e. The fourth-order valence-corrected chi connectivity index (χ4v) is 13.2. The van der Waals surface area contributed by atoms with Gasteiger partial charge in [0.15, 0.2) is 5.82 Å². The van der Waals surface area contributed by atoms with Crippen LogP contribution in [0.25, 0.3) is 17.1 Å². The van der Waals surface area contributed by atoms with Gasteiger partial charge in [0.25, 0.3) is 5.91 Å². The van der Waals surface area contributed by atoms with Gasteiger partial charge in [-0.25, -0.2) is 0 Å². The number of esters is 5. The Labute approximate surface area is 668 Å². The molecule has 0 radical (unpaired) electrons. The molecule has 4 aromatic carbocycles. The van der Waals surface area contributed by atoms with Crippen LogP contribution in [0, 0.1) is 5.92 Å². The van der Waals surface area contributed by atoms with E-state index in [4.69, 9.17) is 38.3 Å². The number of carbonyl (C=O) groups excluding carboxylic acids is 9. The second-order valence-corrected chi connectivity index (χ2v) is 34.5. The average Bonchev–Trinajstić information content (AvgIpc) is 1.69. The van der Waals surface area contributed by atoms with E-state index in [1.807, 2.05) is 124 Å². The highest BCUT2D eigenvalue weighted by molar-refractivity contribution is 5.93. The predicted octanol–water partition coefficient (Wildman–Crippen LogP) is 10.2. The molecule has 27 nitrogen and oxygen atoms in total. The first-order valence-electron chi connectivity index (χ1n) is 39.8. The van der Waals surface area contributed by atoms with Crippen molar-refractivity contribution in [2.45, 2.75) is 229 Å². The fraction of sp³-hybridized carbons (Fsp3) is 0.593. The van der Waals surface area contributed by atoms with E-state index in [9.17, 15) is 43.2 Å². The molecule has 3 N–H and O–H groups in total. The number of carbonyl (C=O) groups is 9. The molecular weight excluding hydrogens is 1440 g/mol. The lowest BCUT2D eigenvalue weighted by Crippen LogP contribution is -2.53. The van der Waals surface area contributed by atoms with E-state index in [0.29, 0.717) is 87.2 Å². The molecule has 0 spiro atoms. The zero-order valence-electron chi connectivity index (χ0n) is 70.1. The van der Waals surface area contributed by atoms with Gasteiger partial charge in [0, 0.05) is 96.6 Å². The standard InChI is InChI=1S/C86H125N11O16/c1-19-87-80(105)78-91-90-77(66-51-65(59(2)3)69(107-57-62-26-22-20-23-27-62)52-70(66)108-58-63-28-24-21-25-29-63)97(78)64-32-30-60(31-33-64)50-61-38-40-96(41-39-61)72(99)53-88-79(104)67(34-37-73(100)109-82(4,5)6)89-71(98)36-35-68(81(106)113-86(16,17)18)95-48-46-93(55-75(102)111-84(10,11)12)44-42-92(54-74(101)110-83(7,8)9)43-45-94(47-49-95)56-76(103)112-85(13,14)15/h20-33,51-52,59,61,67-68H,19,34-50,53-58H2,1-18H3,(H,87,105)(H,88,104)(H,89,98)/t67-,68+/m0/s1. The maximum absolute atomic E-state index is 14.7. The van der Waals surface area contributed by atoms with Crippen LogP contribution in [0.1, 0.15) is 202 Å². The van der Waals surface area contributed by atoms with E-state index >= 15 is 0 Å². The Morgan fingerprint density at radius 2 is 0.973 bits per heavy atom. The van der Waals surface area contributed by atoms with Crippen LogP contribution in [0.5, 0.6) is 11.5 Å². The van der Waals surface area contributed by atoms with Crippen LogP contribution >= 0.6 is 0 Å². The molecular formula is C86H125N11O16. The Morgan fingerprint density at radius 1 is 0.504 bits per heavy atom. The van der Waals surface area contributed by atoms with Crippen LogP contribution in [-0.4, -0.2) is 231 Å². The number of rotatable bonds is 31. The van der Waals surface area contributed by atoms with E-state index in [0.717, 1.165) is 22.3 Å². The van der Waals surface area contributed by atoms with Crippen molar-refractivity contribution in [2.24, 2.45) is 5.92 Å². The second-order valence-electron chi connectivity index (χ2n) is 34.5. The molecule has 2 aliphatic rings. The molecule has 2 fully saturated rings. The van der Waals surface area contributed by atoms with Crippen molar-refractivity contribution in [1.29, 1.82) is 0 Å². The summed E-state index contributed by atoms with van der Waals surface area (Å²) in [6, 6.07) is 29.3. The van der Waals surface area contributed by atoms with Crippen molar-refractivity contribution in [3.63, 3.8) is 0 Å². The van der Waals surface area contributed by atoms with Crippen molar-refractivity contribution < 1.29 is 76.3 Å². The molecule has 2 saturated heterocycles. The summed E-state index contributed by atoms with van der Waals surface area (Å²) in [4.78, 5) is 134. The van der Waals surface area contributed by atoms with E-state index < -0.39 is 87.7 Å². The quantitative estimate of drug-likeness (QED) is 0.0274. The Bertz CT molecular complexity index is 3910. The Kier molecular flexibility index (Phi) is 33.5. The number of benzene rings is 4. The number of piperidine rings is 1. The summed E-state index contributed by atoms with van der Waals surface area (Å²) in [7, 11) is 0. The fourth-order valence-electron chi connectivity index (χ4n) is 13.2. The van der Waals surface area contributed by atoms with Gasteiger partial charge in [-0.3, -0.25) is 67.3 Å². The zero-order chi connectivity index (χ0) is 83.0. The largest absolute Gasteiger partial charge is 0.488 e. The van der Waals surface area contributed by atoms with Crippen molar-refractivity contribution in [3.8, 4) is 28.6 Å². The van der Waals surface area contributed by atoms with Crippen molar-refractivity contribution >= 4 is 53.5 Å². The SMILES string of the molecule is CCNC(=O)c1nnc(-c2cc(C(C)C)c(OCc3ccccc3)cc2OCc2ccccc2)n1-c1ccc(CC2CCN(C(=O)CNC(=O)[C@H](CCC(=O)OC(C)(C)C)NC(=O)CC[C@H](C(=O)OC(C)(C)C)N3CCN(CC(=O)OC(C)(C)C)CCN(CC(=O)OC(C)(C)C)CCN(CC(=O)OC(C)(C)C)CC3)CC2)cc1. The monoisotopic (exact) mass is 1570 g/mol. The molecule has 27 heteroatoms. The van der Waals surface area contributed by atoms with E-state index in [1.165, 1.54) is 0 Å². The minimum absolute atomic E-state index is 0.0280. The topological polar surface area (TPSA) is 301 Å². The van der Waals surface area contributed by atoms with E-state index in [2.05, 4.69) is 34.9 Å². The minimum atomic E-state index is -1.30. The summed E-state index contributed by atoms with van der Waals surface area (Å²) >= 11 is 0. The highest BCUT2D eigenvalue weighted by atomic mass is 16.6. The van der Waals surface area contributed by atoms with Gasteiger partial charge in [-0.2, -0.15) is 0 Å². The first-order valence-corrected chi connectivity index (χ1v) is 39.8. The maximum Gasteiger partial charge on any atom is 0.323 e. The summed E-state index contributed by atoms with van der Waals surface area (Å²) in [5.41, 5.74) is 1.10. The van der Waals surface area contributed by atoms with Crippen LogP contribution in [0.4, 0.5) is 0 Å². The first kappa shape index (κ1) is 90.9. The molecule has 2 aliphatic heterocycles. The van der Waals surface area contributed by atoms with Crippen LogP contribution < -0.4 is 25.4 Å². The van der Waals surface area contributed by atoms with Gasteiger partial charge in [0.05, 0.1) is 31.7 Å². The lowest BCUT2D eigenvalue weighted by molar-refractivity contribution is -0.163.